The molecule has 4 N–H and O–H groups in total. The van der Waals surface area contributed by atoms with Crippen molar-refractivity contribution in [3.05, 3.63) is 29.6 Å². The molecule has 0 radical (unpaired) electrons. The van der Waals surface area contributed by atoms with Crippen molar-refractivity contribution in [3.63, 3.8) is 0 Å². The Morgan fingerprint density at radius 3 is 2.63 bits per heavy atom. The van der Waals surface area contributed by atoms with Crippen LogP contribution >= 0.6 is 0 Å². The number of aromatic nitrogens is 1. The van der Waals surface area contributed by atoms with Crippen molar-refractivity contribution in [1.29, 1.82) is 5.41 Å². The maximum absolute atomic E-state index is 8.92. The molecule has 104 valence electrons. The fraction of sp³-hybridized carbons (Fsp3) is 0.538. The fourth-order valence-corrected chi connectivity index (χ4v) is 2.36. The molecule has 6 heteroatoms. The highest BCUT2D eigenvalue weighted by Crippen LogP contribution is 2.11. The van der Waals surface area contributed by atoms with E-state index in [-0.39, 0.29) is 12.4 Å². The number of aliphatic hydroxyl groups is 1. The van der Waals surface area contributed by atoms with E-state index in [1.54, 1.807) is 6.20 Å². The highest BCUT2D eigenvalue weighted by molar-refractivity contribution is 5.94. The molecule has 0 amide bonds. The van der Waals surface area contributed by atoms with Crippen molar-refractivity contribution in [2.24, 2.45) is 5.73 Å². The first-order valence-corrected chi connectivity index (χ1v) is 6.54. The topological polar surface area (TPSA) is 89.5 Å². The van der Waals surface area contributed by atoms with E-state index in [4.69, 9.17) is 16.2 Å². The maximum Gasteiger partial charge on any atom is 0.142 e. The van der Waals surface area contributed by atoms with E-state index >= 15 is 0 Å². The lowest BCUT2D eigenvalue weighted by atomic mass is 10.1. The molecule has 1 aromatic rings. The van der Waals surface area contributed by atoms with E-state index < -0.39 is 0 Å². The van der Waals surface area contributed by atoms with Gasteiger partial charge in [-0.3, -0.25) is 20.2 Å². The average Bonchev–Trinajstić information content (AvgIpc) is 2.42. The number of hydrogen-bond donors (Lipinski definition) is 3. The van der Waals surface area contributed by atoms with Crippen LogP contribution < -0.4 is 5.73 Å². The van der Waals surface area contributed by atoms with Crippen LogP contribution in [0.15, 0.2) is 18.3 Å². The smallest absolute Gasteiger partial charge is 0.142 e. The van der Waals surface area contributed by atoms with Gasteiger partial charge in [-0.05, 0) is 11.6 Å². The molecule has 2 heterocycles. The molecule has 0 aliphatic carbocycles. The second kappa shape index (κ2) is 6.60. The molecule has 0 atom stereocenters. The zero-order valence-electron chi connectivity index (χ0n) is 11.0. The molecule has 1 aliphatic rings. The van der Waals surface area contributed by atoms with Crippen molar-refractivity contribution >= 4 is 5.84 Å². The van der Waals surface area contributed by atoms with Gasteiger partial charge in [0.15, 0.2) is 0 Å². The largest absolute Gasteiger partial charge is 0.395 e. The number of aliphatic hydroxyl groups excluding tert-OH is 1. The number of piperazine rings is 1. The minimum Gasteiger partial charge on any atom is -0.395 e. The van der Waals surface area contributed by atoms with Gasteiger partial charge in [0.1, 0.15) is 11.5 Å². The van der Waals surface area contributed by atoms with Crippen molar-refractivity contribution < 1.29 is 5.11 Å². The summed E-state index contributed by atoms with van der Waals surface area (Å²) in [5.74, 6) is 0.0227. The summed E-state index contributed by atoms with van der Waals surface area (Å²) >= 11 is 0. The molecule has 0 spiro atoms. The van der Waals surface area contributed by atoms with Gasteiger partial charge in [0.05, 0.1) is 6.61 Å². The maximum atomic E-state index is 8.92. The third-order valence-corrected chi connectivity index (χ3v) is 3.42. The molecule has 1 saturated heterocycles. The first-order chi connectivity index (χ1) is 9.20. The quantitative estimate of drug-likeness (QED) is 0.491. The second-order valence-corrected chi connectivity index (χ2v) is 4.77. The molecule has 1 fully saturated rings. The lowest BCUT2D eigenvalue weighted by Crippen LogP contribution is -2.46. The number of rotatable bonds is 5. The van der Waals surface area contributed by atoms with Crippen LogP contribution in [0.1, 0.15) is 11.3 Å². The normalized spacial score (nSPS) is 17.5. The summed E-state index contributed by atoms with van der Waals surface area (Å²) in [6.45, 7) is 5.61. The van der Waals surface area contributed by atoms with E-state index in [9.17, 15) is 0 Å². The predicted molar refractivity (Wildman–Crippen MR) is 74.1 cm³/mol. The predicted octanol–water partition coefficient (Wildman–Crippen LogP) is -0.524. The Balaban J connectivity index is 1.94. The zero-order valence-corrected chi connectivity index (χ0v) is 11.0. The summed E-state index contributed by atoms with van der Waals surface area (Å²) < 4.78 is 0. The van der Waals surface area contributed by atoms with E-state index in [0.29, 0.717) is 5.69 Å². The molecule has 1 aromatic heterocycles. The van der Waals surface area contributed by atoms with Crippen molar-refractivity contribution in [3.8, 4) is 0 Å². The minimum absolute atomic E-state index is 0.0227. The second-order valence-electron chi connectivity index (χ2n) is 4.77. The number of nitrogen functional groups attached to an aromatic ring is 1. The Kier molecular flexibility index (Phi) is 4.84. The number of β-amino-alcohol motifs (C(OH)–C–C–N with tert-alkyl or cyclic N) is 1. The van der Waals surface area contributed by atoms with Gasteiger partial charge in [-0.1, -0.05) is 6.07 Å². The van der Waals surface area contributed by atoms with Gasteiger partial charge in [-0.2, -0.15) is 0 Å². The number of amidine groups is 1. The summed E-state index contributed by atoms with van der Waals surface area (Å²) in [6.07, 6.45) is 1.67. The van der Waals surface area contributed by atoms with Gasteiger partial charge in [-0.25, -0.2) is 0 Å². The molecule has 1 aliphatic heterocycles. The van der Waals surface area contributed by atoms with Crippen LogP contribution in [0.25, 0.3) is 0 Å². The van der Waals surface area contributed by atoms with E-state index in [1.165, 1.54) is 0 Å². The number of hydrogen-bond acceptors (Lipinski definition) is 5. The van der Waals surface area contributed by atoms with Gasteiger partial charge in [0.2, 0.25) is 0 Å². The van der Waals surface area contributed by atoms with Crippen LogP contribution in [0.2, 0.25) is 0 Å². The Morgan fingerprint density at radius 1 is 1.32 bits per heavy atom. The Bertz CT molecular complexity index is 429. The number of nitrogens with zero attached hydrogens (tertiary/aromatic N) is 3. The lowest BCUT2D eigenvalue weighted by molar-refractivity contribution is 0.108. The summed E-state index contributed by atoms with van der Waals surface area (Å²) in [4.78, 5) is 8.75. The zero-order chi connectivity index (χ0) is 13.7. The van der Waals surface area contributed by atoms with Crippen molar-refractivity contribution in [2.45, 2.75) is 6.54 Å². The molecule has 0 saturated carbocycles. The van der Waals surface area contributed by atoms with E-state index in [0.717, 1.165) is 44.8 Å². The van der Waals surface area contributed by atoms with Crippen LogP contribution in [0.3, 0.4) is 0 Å². The van der Waals surface area contributed by atoms with Crippen LogP contribution in [0.4, 0.5) is 0 Å². The van der Waals surface area contributed by atoms with Crippen molar-refractivity contribution in [2.75, 3.05) is 39.3 Å². The minimum atomic E-state index is 0.0227. The first kappa shape index (κ1) is 13.9. The average molecular weight is 263 g/mol. The molecule has 0 unspecified atom stereocenters. The first-order valence-electron chi connectivity index (χ1n) is 6.54. The van der Waals surface area contributed by atoms with Crippen LogP contribution in [-0.2, 0) is 6.54 Å². The Hall–Kier alpha value is -1.50. The number of pyridine rings is 1. The Labute approximate surface area is 113 Å². The summed E-state index contributed by atoms with van der Waals surface area (Å²) in [5, 5.41) is 16.5. The SMILES string of the molecule is N=C(N)c1ncccc1CN1CCN(CCO)CC1. The van der Waals surface area contributed by atoms with Crippen LogP contribution in [-0.4, -0.2) is 65.1 Å². The third-order valence-electron chi connectivity index (χ3n) is 3.42. The van der Waals surface area contributed by atoms with Gasteiger partial charge in [-0.15, -0.1) is 0 Å². The fourth-order valence-electron chi connectivity index (χ4n) is 2.36. The highest BCUT2D eigenvalue weighted by atomic mass is 16.3. The number of nitrogens with two attached hydrogens (primary N) is 1. The van der Waals surface area contributed by atoms with Crippen molar-refractivity contribution in [1.82, 2.24) is 14.8 Å². The monoisotopic (exact) mass is 263 g/mol. The third kappa shape index (κ3) is 3.73. The standard InChI is InChI=1S/C13H21N5O/c14-13(15)12-11(2-1-3-16-12)10-18-6-4-17(5-7-18)8-9-19/h1-3,19H,4-10H2,(H3,14,15). The Morgan fingerprint density at radius 2 is 2.00 bits per heavy atom. The summed E-state index contributed by atoms with van der Waals surface area (Å²) in [7, 11) is 0. The van der Waals surface area contributed by atoms with E-state index in [1.807, 2.05) is 12.1 Å². The van der Waals surface area contributed by atoms with Gasteiger partial charge < -0.3 is 10.8 Å². The summed E-state index contributed by atoms with van der Waals surface area (Å²) in [6, 6.07) is 3.85. The lowest BCUT2D eigenvalue weighted by Gasteiger charge is -2.34. The molecule has 19 heavy (non-hydrogen) atoms. The molecule has 0 bridgehead atoms. The van der Waals surface area contributed by atoms with Gasteiger partial charge >= 0.3 is 0 Å². The molecule has 2 rings (SSSR count). The summed E-state index contributed by atoms with van der Waals surface area (Å²) in [5.41, 5.74) is 7.14. The molecular formula is C13H21N5O. The van der Waals surface area contributed by atoms with E-state index in [2.05, 4.69) is 14.8 Å². The molecule has 0 aromatic carbocycles. The number of nitrogens with one attached hydrogen (secondary N) is 1. The molecular weight excluding hydrogens is 242 g/mol. The molecule has 6 nitrogen and oxygen atoms in total. The van der Waals surface area contributed by atoms with Crippen LogP contribution in [0.5, 0.6) is 0 Å². The van der Waals surface area contributed by atoms with Gasteiger partial charge in [0.25, 0.3) is 0 Å². The highest BCUT2D eigenvalue weighted by Gasteiger charge is 2.18. The van der Waals surface area contributed by atoms with Gasteiger partial charge in [0, 0.05) is 45.5 Å². The van der Waals surface area contributed by atoms with Crippen LogP contribution in [0, 0.1) is 5.41 Å².